The van der Waals surface area contributed by atoms with Gasteiger partial charge in [-0.25, -0.2) is 0 Å². The lowest BCUT2D eigenvalue weighted by Crippen LogP contribution is -2.40. The summed E-state index contributed by atoms with van der Waals surface area (Å²) in [6.45, 7) is 5.23. The molecule has 1 N–H and O–H groups in total. The van der Waals surface area contributed by atoms with Gasteiger partial charge < -0.3 is 33.6 Å². The number of aryl methyl sites for hydroxylation is 1. The van der Waals surface area contributed by atoms with Crippen molar-refractivity contribution in [2.45, 2.75) is 51.0 Å². The molecule has 234 valence electrons. The molecule has 1 fully saturated rings. The van der Waals surface area contributed by atoms with Gasteiger partial charge in [0.1, 0.15) is 11.5 Å². The van der Waals surface area contributed by atoms with E-state index in [1.807, 2.05) is 34.9 Å². The molecule has 0 saturated carbocycles. The van der Waals surface area contributed by atoms with Gasteiger partial charge in [0, 0.05) is 50.8 Å². The zero-order valence-corrected chi connectivity index (χ0v) is 25.8. The van der Waals surface area contributed by atoms with Gasteiger partial charge in [-0.15, -0.1) is 0 Å². The predicted molar refractivity (Wildman–Crippen MR) is 173 cm³/mol. The summed E-state index contributed by atoms with van der Waals surface area (Å²) in [5.41, 5.74) is 4.31. The molecule has 8 heteroatoms. The first-order valence-corrected chi connectivity index (χ1v) is 15.5. The molecular weight excluding hydrogens is 556 g/mol. The van der Waals surface area contributed by atoms with Crippen molar-refractivity contribution in [3.05, 3.63) is 106 Å². The van der Waals surface area contributed by atoms with Crippen molar-refractivity contribution in [1.29, 1.82) is 0 Å². The smallest absolute Gasteiger partial charge is 0.251 e. The third-order valence-electron chi connectivity index (χ3n) is 8.14. The van der Waals surface area contributed by atoms with Crippen molar-refractivity contribution < 1.29 is 23.7 Å². The summed E-state index contributed by atoms with van der Waals surface area (Å²) >= 11 is 0. The number of nitrogens with zero attached hydrogens (tertiary/aromatic N) is 1. The van der Waals surface area contributed by atoms with E-state index in [4.69, 9.17) is 23.7 Å². The van der Waals surface area contributed by atoms with Crippen molar-refractivity contribution in [1.82, 2.24) is 9.88 Å². The Kier molecular flexibility index (Phi) is 11.8. The van der Waals surface area contributed by atoms with Crippen LogP contribution in [0.1, 0.15) is 41.9 Å². The highest BCUT2D eigenvalue weighted by Gasteiger charge is 2.27. The highest BCUT2D eigenvalue weighted by molar-refractivity contribution is 5.79. The Labute approximate surface area is 259 Å². The fraction of sp³-hybridized carbons (Fsp3) is 0.417. The Bertz CT molecular complexity index is 1520. The summed E-state index contributed by atoms with van der Waals surface area (Å²) in [4.78, 5) is 12.6. The van der Waals surface area contributed by atoms with Gasteiger partial charge in [0.05, 0.1) is 45.2 Å². The largest absolute Gasteiger partial charge is 0.496 e. The Balaban J connectivity index is 1.12. The van der Waals surface area contributed by atoms with Gasteiger partial charge in [0.2, 0.25) is 0 Å². The lowest BCUT2D eigenvalue weighted by atomic mass is 9.87. The van der Waals surface area contributed by atoms with E-state index in [2.05, 4.69) is 47.8 Å². The summed E-state index contributed by atoms with van der Waals surface area (Å²) in [7, 11) is 3.36. The van der Waals surface area contributed by atoms with Crippen LogP contribution in [0.4, 0.5) is 0 Å². The Morgan fingerprint density at radius 3 is 2.57 bits per heavy atom. The van der Waals surface area contributed by atoms with E-state index in [9.17, 15) is 4.79 Å². The monoisotopic (exact) mass is 600 g/mol. The molecule has 0 spiro atoms. The van der Waals surface area contributed by atoms with Crippen molar-refractivity contribution in [2.24, 2.45) is 0 Å². The highest BCUT2D eigenvalue weighted by atomic mass is 16.5. The Hall–Kier alpha value is -3.69. The van der Waals surface area contributed by atoms with Crippen molar-refractivity contribution in [2.75, 3.05) is 47.1 Å². The molecule has 1 aromatic heterocycles. The van der Waals surface area contributed by atoms with Gasteiger partial charge >= 0.3 is 0 Å². The molecule has 5 rings (SSSR count). The zero-order valence-electron chi connectivity index (χ0n) is 25.8. The number of methoxy groups -OCH3 is 2. The first kappa shape index (κ1) is 31.7. The van der Waals surface area contributed by atoms with Crippen LogP contribution in [-0.2, 0) is 34.0 Å². The Morgan fingerprint density at radius 1 is 0.886 bits per heavy atom. The van der Waals surface area contributed by atoms with Gasteiger partial charge in [0.25, 0.3) is 5.56 Å². The third kappa shape index (κ3) is 8.48. The number of fused-ring (bicyclic) bond motifs is 1. The molecule has 0 radical (unpaired) electrons. The minimum absolute atomic E-state index is 0.00748. The highest BCUT2D eigenvalue weighted by Crippen LogP contribution is 2.30. The van der Waals surface area contributed by atoms with E-state index in [0.29, 0.717) is 45.5 Å². The molecule has 0 bridgehead atoms. The summed E-state index contributed by atoms with van der Waals surface area (Å²) in [6, 6.07) is 26.1. The summed E-state index contributed by atoms with van der Waals surface area (Å²) in [6.07, 6.45) is 2.64. The van der Waals surface area contributed by atoms with Crippen molar-refractivity contribution >= 4 is 10.9 Å². The maximum Gasteiger partial charge on any atom is 0.251 e. The number of nitrogens with one attached hydrogen (secondary N) is 1. The number of ether oxygens (including phenoxy) is 5. The molecule has 1 saturated heterocycles. The van der Waals surface area contributed by atoms with E-state index in [1.165, 1.54) is 5.56 Å². The van der Waals surface area contributed by atoms with Crippen LogP contribution in [0, 0.1) is 0 Å². The van der Waals surface area contributed by atoms with E-state index in [0.717, 1.165) is 65.9 Å². The second-order valence-corrected chi connectivity index (χ2v) is 11.1. The summed E-state index contributed by atoms with van der Waals surface area (Å²) in [5, 5.41) is 4.54. The molecule has 2 heterocycles. The number of hydrogen-bond acceptors (Lipinski definition) is 7. The predicted octanol–water partition coefficient (Wildman–Crippen LogP) is 5.69. The maximum atomic E-state index is 12.6. The van der Waals surface area contributed by atoms with Crippen molar-refractivity contribution in [3.63, 3.8) is 0 Å². The second-order valence-electron chi connectivity index (χ2n) is 11.1. The van der Waals surface area contributed by atoms with Crippen LogP contribution >= 0.6 is 0 Å². The van der Waals surface area contributed by atoms with Crippen LogP contribution in [0.15, 0.2) is 83.7 Å². The standard InChI is InChI=1S/C36H44N2O6/c1-40-20-5-19-38-33-23-27(9-10-29(33)13-16-36(38)39)25-44-35-24-37-18-17-32(35)28-11-14-31(15-12-28)43-22-6-21-42-26-30-7-3-4-8-34(30)41-2/h3-4,7-16,23,32,35,37H,5-6,17-22,24-26H2,1-2H3/t32-,35+/m1/s1. The number of hydrogen-bond donors (Lipinski definition) is 1. The van der Waals surface area contributed by atoms with Crippen LogP contribution in [0.2, 0.25) is 0 Å². The average molecular weight is 601 g/mol. The SMILES string of the molecule is COCCCn1c(=O)ccc2ccc(CO[C@H]3CNCC[C@@H]3c3ccc(OCCCOCc4ccccc4OC)cc3)cc21. The molecule has 4 aromatic rings. The summed E-state index contributed by atoms with van der Waals surface area (Å²) < 4.78 is 30.7. The molecule has 0 amide bonds. The van der Waals surface area contributed by atoms with E-state index >= 15 is 0 Å². The molecule has 0 unspecified atom stereocenters. The van der Waals surface area contributed by atoms with Crippen LogP contribution in [0.5, 0.6) is 11.5 Å². The van der Waals surface area contributed by atoms with Crippen molar-refractivity contribution in [3.8, 4) is 11.5 Å². The normalized spacial score (nSPS) is 16.7. The van der Waals surface area contributed by atoms with Gasteiger partial charge in [-0.3, -0.25) is 4.79 Å². The van der Waals surface area contributed by atoms with Gasteiger partial charge in [-0.05, 0) is 66.2 Å². The molecule has 44 heavy (non-hydrogen) atoms. The maximum absolute atomic E-state index is 12.6. The molecule has 1 aliphatic rings. The molecular formula is C36H44N2O6. The number of aromatic nitrogens is 1. The summed E-state index contributed by atoms with van der Waals surface area (Å²) in [5.74, 6) is 2.00. The van der Waals surface area contributed by atoms with Gasteiger partial charge in [0.15, 0.2) is 0 Å². The quantitative estimate of drug-likeness (QED) is 0.166. The van der Waals surface area contributed by atoms with Crippen LogP contribution in [0.25, 0.3) is 10.9 Å². The number of rotatable bonds is 16. The fourth-order valence-corrected chi connectivity index (χ4v) is 5.78. The number of piperidine rings is 1. The van der Waals surface area contributed by atoms with E-state index in [-0.39, 0.29) is 11.7 Å². The molecule has 3 aromatic carbocycles. The van der Waals surface area contributed by atoms with Gasteiger partial charge in [-0.2, -0.15) is 0 Å². The second kappa shape index (κ2) is 16.4. The molecule has 0 aliphatic carbocycles. The minimum atomic E-state index is 0.00748. The average Bonchev–Trinajstić information content (AvgIpc) is 3.07. The fourth-order valence-electron chi connectivity index (χ4n) is 5.78. The van der Waals surface area contributed by atoms with Crippen LogP contribution in [0.3, 0.4) is 0 Å². The third-order valence-corrected chi connectivity index (χ3v) is 8.14. The zero-order chi connectivity index (χ0) is 30.6. The first-order valence-electron chi connectivity index (χ1n) is 15.5. The number of para-hydroxylation sites is 1. The molecule has 1 aliphatic heterocycles. The topological polar surface area (TPSA) is 80.2 Å². The molecule has 8 nitrogen and oxygen atoms in total. The lowest BCUT2D eigenvalue weighted by Gasteiger charge is -2.32. The van der Waals surface area contributed by atoms with Crippen LogP contribution < -0.4 is 20.3 Å². The minimum Gasteiger partial charge on any atom is -0.496 e. The molecule has 2 atom stereocenters. The van der Waals surface area contributed by atoms with E-state index in [1.54, 1.807) is 20.3 Å². The van der Waals surface area contributed by atoms with Gasteiger partial charge in [-0.1, -0.05) is 42.5 Å². The van der Waals surface area contributed by atoms with Crippen LogP contribution in [-0.4, -0.2) is 57.8 Å². The lowest BCUT2D eigenvalue weighted by molar-refractivity contribution is 0.0106. The number of pyridine rings is 1. The number of benzene rings is 3. The first-order chi connectivity index (χ1) is 21.7. The Morgan fingerprint density at radius 2 is 1.73 bits per heavy atom. The van der Waals surface area contributed by atoms with E-state index < -0.39 is 0 Å².